The third kappa shape index (κ3) is 3.28. The van der Waals surface area contributed by atoms with Crippen LogP contribution in [0.4, 0.5) is 5.82 Å². The summed E-state index contributed by atoms with van der Waals surface area (Å²) in [5, 5.41) is 3.07. The number of rotatable bonds is 5. The van der Waals surface area contributed by atoms with Gasteiger partial charge in [-0.2, -0.15) is 0 Å². The average Bonchev–Trinajstić information content (AvgIpc) is 3.48. The molecule has 1 aliphatic carbocycles. The summed E-state index contributed by atoms with van der Waals surface area (Å²) in [6.07, 6.45) is 3.42. The van der Waals surface area contributed by atoms with E-state index in [4.69, 9.17) is 14.2 Å². The summed E-state index contributed by atoms with van der Waals surface area (Å²) in [5.41, 5.74) is 4.50. The zero-order chi connectivity index (χ0) is 21.6. The zero-order valence-corrected chi connectivity index (χ0v) is 17.8. The van der Waals surface area contributed by atoms with E-state index >= 15 is 0 Å². The van der Waals surface area contributed by atoms with E-state index in [-0.39, 0.29) is 12.7 Å². The van der Waals surface area contributed by atoms with Gasteiger partial charge in [0.2, 0.25) is 12.7 Å². The highest BCUT2D eigenvalue weighted by Gasteiger charge is 2.52. The van der Waals surface area contributed by atoms with Gasteiger partial charge in [-0.05, 0) is 73.2 Å². The highest BCUT2D eigenvalue weighted by atomic mass is 16.7. The lowest BCUT2D eigenvalue weighted by molar-refractivity contribution is -0.118. The van der Waals surface area contributed by atoms with Crippen molar-refractivity contribution >= 4 is 11.7 Å². The van der Waals surface area contributed by atoms with Gasteiger partial charge in [0.25, 0.3) is 0 Å². The molecule has 2 aromatic carbocycles. The van der Waals surface area contributed by atoms with E-state index in [0.717, 1.165) is 52.2 Å². The number of hydrogen-bond donors (Lipinski definition) is 1. The Balaban J connectivity index is 1.41. The molecule has 1 N–H and O–H groups in total. The van der Waals surface area contributed by atoms with Gasteiger partial charge in [-0.1, -0.05) is 18.2 Å². The molecule has 1 saturated carbocycles. The Morgan fingerprint density at radius 3 is 2.65 bits per heavy atom. The Labute approximate surface area is 181 Å². The van der Waals surface area contributed by atoms with Crippen LogP contribution in [0.3, 0.4) is 0 Å². The number of aromatic nitrogens is 1. The summed E-state index contributed by atoms with van der Waals surface area (Å²) in [7, 11) is 1.65. The molecule has 0 bridgehead atoms. The van der Waals surface area contributed by atoms with Gasteiger partial charge in [0, 0.05) is 11.8 Å². The average molecular weight is 416 g/mol. The maximum Gasteiger partial charge on any atom is 0.236 e. The molecule has 158 valence electrons. The van der Waals surface area contributed by atoms with Crippen molar-refractivity contribution in [1.82, 2.24) is 4.98 Å². The van der Waals surface area contributed by atoms with E-state index in [0.29, 0.717) is 11.6 Å². The second-order valence-electron chi connectivity index (χ2n) is 8.11. The second-order valence-corrected chi connectivity index (χ2v) is 8.11. The van der Waals surface area contributed by atoms with E-state index in [1.807, 2.05) is 62.5 Å². The quantitative estimate of drug-likeness (QED) is 0.649. The molecule has 1 aliphatic heterocycles. The van der Waals surface area contributed by atoms with Crippen molar-refractivity contribution in [2.45, 2.75) is 32.1 Å². The monoisotopic (exact) mass is 416 g/mol. The highest BCUT2D eigenvalue weighted by molar-refractivity contribution is 6.01. The van der Waals surface area contributed by atoms with Gasteiger partial charge in [0.05, 0.1) is 12.5 Å². The molecule has 0 saturated heterocycles. The number of pyridine rings is 1. The first kappa shape index (κ1) is 19.4. The van der Waals surface area contributed by atoms with Crippen LogP contribution in [-0.2, 0) is 10.2 Å². The molecule has 0 radical (unpaired) electrons. The number of nitrogens with one attached hydrogen (secondary N) is 1. The van der Waals surface area contributed by atoms with Crippen LogP contribution < -0.4 is 19.5 Å². The number of amides is 1. The molecule has 1 aromatic heterocycles. The lowest BCUT2D eigenvalue weighted by atomic mass is 9.94. The number of ether oxygens (including phenoxy) is 3. The molecule has 5 rings (SSSR count). The van der Waals surface area contributed by atoms with Gasteiger partial charge in [-0.25, -0.2) is 4.98 Å². The fourth-order valence-corrected chi connectivity index (χ4v) is 4.10. The number of fused-ring (bicyclic) bond motifs is 1. The highest BCUT2D eigenvalue weighted by Crippen LogP contribution is 2.51. The maximum absolute atomic E-state index is 13.3. The Morgan fingerprint density at radius 2 is 1.87 bits per heavy atom. The fraction of sp³-hybridized carbons (Fsp3) is 0.280. The summed E-state index contributed by atoms with van der Waals surface area (Å²) >= 11 is 0. The van der Waals surface area contributed by atoms with Crippen molar-refractivity contribution in [2.75, 3.05) is 19.2 Å². The summed E-state index contributed by atoms with van der Waals surface area (Å²) in [4.78, 5) is 17.8. The molecule has 31 heavy (non-hydrogen) atoms. The van der Waals surface area contributed by atoms with Gasteiger partial charge < -0.3 is 19.5 Å². The predicted molar refractivity (Wildman–Crippen MR) is 118 cm³/mol. The van der Waals surface area contributed by atoms with Crippen molar-refractivity contribution in [3.05, 3.63) is 65.4 Å². The molecule has 0 spiro atoms. The Kier molecular flexibility index (Phi) is 4.58. The number of nitrogens with zero attached hydrogens (tertiary/aromatic N) is 1. The van der Waals surface area contributed by atoms with Crippen LogP contribution in [0.25, 0.3) is 11.1 Å². The molecular weight excluding hydrogens is 392 g/mol. The molecule has 6 nitrogen and oxygen atoms in total. The van der Waals surface area contributed by atoms with E-state index in [1.54, 1.807) is 7.11 Å². The third-order valence-corrected chi connectivity index (χ3v) is 6.37. The van der Waals surface area contributed by atoms with Gasteiger partial charge in [-0.15, -0.1) is 0 Å². The molecule has 2 aliphatic rings. The van der Waals surface area contributed by atoms with Crippen LogP contribution in [0.15, 0.2) is 48.7 Å². The van der Waals surface area contributed by atoms with Crippen LogP contribution >= 0.6 is 0 Å². The van der Waals surface area contributed by atoms with Gasteiger partial charge in [-0.3, -0.25) is 4.79 Å². The largest absolute Gasteiger partial charge is 0.497 e. The van der Waals surface area contributed by atoms with Crippen molar-refractivity contribution in [3.8, 4) is 28.4 Å². The number of carbonyl (C=O) groups is 1. The van der Waals surface area contributed by atoms with Crippen LogP contribution in [0.5, 0.6) is 17.2 Å². The Hall–Kier alpha value is -3.54. The first-order chi connectivity index (χ1) is 15.0. The number of carbonyl (C=O) groups excluding carboxylic acids is 1. The van der Waals surface area contributed by atoms with Crippen molar-refractivity contribution < 1.29 is 19.0 Å². The minimum absolute atomic E-state index is 0.0319. The van der Waals surface area contributed by atoms with Crippen LogP contribution in [0, 0.1) is 13.8 Å². The van der Waals surface area contributed by atoms with E-state index in [1.165, 1.54) is 0 Å². The molecule has 0 unspecified atom stereocenters. The van der Waals surface area contributed by atoms with Crippen LogP contribution in [0.2, 0.25) is 0 Å². The van der Waals surface area contributed by atoms with E-state index < -0.39 is 5.41 Å². The van der Waals surface area contributed by atoms with Crippen molar-refractivity contribution in [1.29, 1.82) is 0 Å². The van der Waals surface area contributed by atoms with Crippen molar-refractivity contribution in [3.63, 3.8) is 0 Å². The molecule has 1 fully saturated rings. The Bertz CT molecular complexity index is 1180. The molecule has 3 aromatic rings. The number of methoxy groups -OCH3 is 1. The molecule has 0 atom stereocenters. The van der Waals surface area contributed by atoms with Gasteiger partial charge >= 0.3 is 0 Å². The van der Waals surface area contributed by atoms with Crippen LogP contribution in [-0.4, -0.2) is 24.8 Å². The van der Waals surface area contributed by atoms with Gasteiger partial charge in [0.15, 0.2) is 11.5 Å². The SMILES string of the molecule is COc1cccc(-c2cnc(NC(=O)C3(c4ccc5c(c4)OCO5)CC3)c(C)c2C)c1. The lowest BCUT2D eigenvalue weighted by Crippen LogP contribution is -2.28. The second kappa shape index (κ2) is 7.30. The molecule has 6 heteroatoms. The lowest BCUT2D eigenvalue weighted by Gasteiger charge is -2.18. The fourth-order valence-electron chi connectivity index (χ4n) is 4.10. The number of hydrogen-bond acceptors (Lipinski definition) is 5. The topological polar surface area (TPSA) is 69.7 Å². The summed E-state index contributed by atoms with van der Waals surface area (Å²) in [6, 6.07) is 13.6. The minimum atomic E-state index is -0.533. The summed E-state index contributed by atoms with van der Waals surface area (Å²) < 4.78 is 16.2. The van der Waals surface area contributed by atoms with Crippen molar-refractivity contribution in [2.24, 2.45) is 0 Å². The van der Waals surface area contributed by atoms with Gasteiger partial charge in [0.1, 0.15) is 11.6 Å². The van der Waals surface area contributed by atoms with Crippen LogP contribution in [0.1, 0.15) is 29.5 Å². The molecular formula is C25H24N2O4. The Morgan fingerprint density at radius 1 is 1.06 bits per heavy atom. The number of anilines is 1. The van der Waals surface area contributed by atoms with E-state index in [9.17, 15) is 4.79 Å². The number of benzene rings is 2. The third-order valence-electron chi connectivity index (χ3n) is 6.37. The van der Waals surface area contributed by atoms with E-state index in [2.05, 4.69) is 10.3 Å². The normalized spacial score (nSPS) is 15.5. The maximum atomic E-state index is 13.3. The summed E-state index contributed by atoms with van der Waals surface area (Å²) in [6.45, 7) is 4.26. The first-order valence-corrected chi connectivity index (χ1v) is 10.3. The first-order valence-electron chi connectivity index (χ1n) is 10.3. The predicted octanol–water partition coefficient (Wildman–Crippen LogP) is 4.77. The molecule has 1 amide bonds. The zero-order valence-electron chi connectivity index (χ0n) is 17.8. The molecule has 2 heterocycles. The minimum Gasteiger partial charge on any atom is -0.497 e. The summed E-state index contributed by atoms with van der Waals surface area (Å²) in [5.74, 6) is 2.79. The smallest absolute Gasteiger partial charge is 0.236 e. The standard InChI is InChI=1S/C25H24N2O4/c1-15-16(2)23(26-13-20(15)17-5-4-6-19(11-17)29-3)27-24(28)25(9-10-25)18-7-8-21-22(12-18)31-14-30-21/h4-8,11-13H,9-10,14H2,1-3H3,(H,26,27,28).